The van der Waals surface area contributed by atoms with Crippen molar-refractivity contribution in [2.75, 3.05) is 7.11 Å². The second kappa shape index (κ2) is 4.58. The molecule has 0 saturated carbocycles. The Morgan fingerprint density at radius 1 is 1.17 bits per heavy atom. The third-order valence-electron chi connectivity index (χ3n) is 2.93. The van der Waals surface area contributed by atoms with E-state index >= 15 is 0 Å². The zero-order chi connectivity index (χ0) is 12.4. The molecule has 1 aromatic carbocycles. The van der Waals surface area contributed by atoms with E-state index in [9.17, 15) is 0 Å². The van der Waals surface area contributed by atoms with Gasteiger partial charge in [0.25, 0.3) is 0 Å². The Labute approximate surface area is 105 Å². The number of fused-ring (bicyclic) bond motifs is 1. The number of pyridine rings is 1. The normalized spacial score (nSPS) is 12.7. The minimum absolute atomic E-state index is 0.211. The topological polar surface area (TPSA) is 50.8 Å². The lowest BCUT2D eigenvalue weighted by Gasteiger charge is -2.13. The van der Waals surface area contributed by atoms with Crippen LogP contribution in [0.25, 0.3) is 10.9 Å². The van der Waals surface area contributed by atoms with E-state index in [1.807, 2.05) is 30.3 Å². The highest BCUT2D eigenvalue weighted by atomic mass is 16.5. The molecule has 0 amide bonds. The molecule has 0 aliphatic carbocycles. The highest BCUT2D eigenvalue weighted by Gasteiger charge is 2.16. The van der Waals surface area contributed by atoms with Gasteiger partial charge in [0, 0.05) is 12.5 Å². The lowest BCUT2D eigenvalue weighted by atomic mass is 10.1. The van der Waals surface area contributed by atoms with Gasteiger partial charge in [-0.3, -0.25) is 0 Å². The van der Waals surface area contributed by atoms with Crippen LogP contribution in [0, 0.1) is 0 Å². The average molecular weight is 239 g/mol. The maximum Gasteiger partial charge on any atom is 0.140 e. The van der Waals surface area contributed by atoms with Crippen LogP contribution < -0.4 is 0 Å². The van der Waals surface area contributed by atoms with Gasteiger partial charge in [-0.15, -0.1) is 0 Å². The number of hydrogen-bond donors (Lipinski definition) is 1. The van der Waals surface area contributed by atoms with E-state index in [1.165, 1.54) is 0 Å². The van der Waals surface area contributed by atoms with Crippen LogP contribution in [0.2, 0.25) is 0 Å². The number of nitrogens with zero attached hydrogens (tertiary/aromatic N) is 2. The Bertz CT molecular complexity index is 649. The number of H-pyrrole nitrogens is 1. The average Bonchev–Trinajstić information content (AvgIpc) is 2.93. The number of aromatic amines is 1. The van der Waals surface area contributed by atoms with Crippen LogP contribution in [0.15, 0.2) is 48.9 Å². The second-order valence-corrected chi connectivity index (χ2v) is 4.05. The highest BCUT2D eigenvalue weighted by molar-refractivity contribution is 5.78. The fourth-order valence-electron chi connectivity index (χ4n) is 2.04. The summed E-state index contributed by atoms with van der Waals surface area (Å²) >= 11 is 0. The Morgan fingerprint density at radius 2 is 2.06 bits per heavy atom. The number of nitrogens with one attached hydrogen (secondary N) is 1. The summed E-state index contributed by atoms with van der Waals surface area (Å²) in [6.45, 7) is 0. The molecule has 2 heterocycles. The molecule has 0 fully saturated rings. The Morgan fingerprint density at radius 3 is 2.83 bits per heavy atom. The summed E-state index contributed by atoms with van der Waals surface area (Å²) in [5.74, 6) is 0. The number of para-hydroxylation sites is 1. The third-order valence-corrected chi connectivity index (χ3v) is 2.93. The van der Waals surface area contributed by atoms with Gasteiger partial charge >= 0.3 is 0 Å². The van der Waals surface area contributed by atoms with E-state index in [-0.39, 0.29) is 6.10 Å². The molecule has 1 N–H and O–H groups in total. The standard InChI is InChI=1S/C14H13N3O/c1-18-14(13-8-15-9-16-13)12-7-6-10-4-2-3-5-11(10)17-12/h2-9,14H,1H3,(H,15,16). The van der Waals surface area contributed by atoms with Crippen molar-refractivity contribution in [3.63, 3.8) is 0 Å². The van der Waals surface area contributed by atoms with Crippen molar-refractivity contribution < 1.29 is 4.74 Å². The molecule has 0 aliphatic heterocycles. The molecule has 0 saturated heterocycles. The smallest absolute Gasteiger partial charge is 0.140 e. The first-order chi connectivity index (χ1) is 8.88. The van der Waals surface area contributed by atoms with Crippen LogP contribution >= 0.6 is 0 Å². The molecule has 3 rings (SSSR count). The fourth-order valence-corrected chi connectivity index (χ4v) is 2.04. The minimum atomic E-state index is -0.211. The first-order valence-corrected chi connectivity index (χ1v) is 5.75. The molecule has 2 aromatic heterocycles. The van der Waals surface area contributed by atoms with Gasteiger partial charge < -0.3 is 9.72 Å². The van der Waals surface area contributed by atoms with Gasteiger partial charge in [-0.1, -0.05) is 24.3 Å². The SMILES string of the molecule is COC(c1ccc2ccccc2n1)c1cnc[nH]1. The first-order valence-electron chi connectivity index (χ1n) is 5.75. The van der Waals surface area contributed by atoms with E-state index in [4.69, 9.17) is 4.74 Å². The molecule has 0 radical (unpaired) electrons. The van der Waals surface area contributed by atoms with Gasteiger partial charge in [0.1, 0.15) is 6.10 Å². The van der Waals surface area contributed by atoms with Crippen LogP contribution in [0.1, 0.15) is 17.5 Å². The van der Waals surface area contributed by atoms with Crippen LogP contribution in [0.3, 0.4) is 0 Å². The number of imidazole rings is 1. The van der Waals surface area contributed by atoms with Crippen molar-refractivity contribution in [3.8, 4) is 0 Å². The molecule has 1 atom stereocenters. The third kappa shape index (κ3) is 1.87. The van der Waals surface area contributed by atoms with Gasteiger partial charge in [-0.25, -0.2) is 9.97 Å². The molecule has 0 aliphatic rings. The molecule has 3 aromatic rings. The number of rotatable bonds is 3. The van der Waals surface area contributed by atoms with Crippen LogP contribution in [0.5, 0.6) is 0 Å². The highest BCUT2D eigenvalue weighted by Crippen LogP contribution is 2.23. The molecule has 0 spiro atoms. The molecule has 90 valence electrons. The van der Waals surface area contributed by atoms with E-state index in [0.29, 0.717) is 0 Å². The van der Waals surface area contributed by atoms with Gasteiger partial charge in [0.05, 0.1) is 29.4 Å². The summed E-state index contributed by atoms with van der Waals surface area (Å²) in [4.78, 5) is 11.7. The Balaban J connectivity index is 2.07. The molecule has 18 heavy (non-hydrogen) atoms. The van der Waals surface area contributed by atoms with Crippen molar-refractivity contribution >= 4 is 10.9 Å². The lowest BCUT2D eigenvalue weighted by molar-refractivity contribution is 0.130. The molecule has 4 heteroatoms. The molecule has 1 unspecified atom stereocenters. The second-order valence-electron chi connectivity index (χ2n) is 4.05. The molecule has 4 nitrogen and oxygen atoms in total. The van der Waals surface area contributed by atoms with Gasteiger partial charge in [-0.05, 0) is 12.1 Å². The predicted octanol–water partition coefficient (Wildman–Crippen LogP) is 2.69. The zero-order valence-corrected chi connectivity index (χ0v) is 10.00. The number of methoxy groups -OCH3 is 1. The minimum Gasteiger partial charge on any atom is -0.369 e. The first kappa shape index (κ1) is 10.9. The van der Waals surface area contributed by atoms with Gasteiger partial charge in [-0.2, -0.15) is 0 Å². The van der Waals surface area contributed by atoms with Gasteiger partial charge in [0.2, 0.25) is 0 Å². The lowest BCUT2D eigenvalue weighted by Crippen LogP contribution is -2.06. The van der Waals surface area contributed by atoms with Crippen LogP contribution in [-0.4, -0.2) is 22.1 Å². The van der Waals surface area contributed by atoms with Crippen LogP contribution in [-0.2, 0) is 4.74 Å². The monoisotopic (exact) mass is 239 g/mol. The van der Waals surface area contributed by atoms with E-state index in [0.717, 1.165) is 22.3 Å². The number of hydrogen-bond acceptors (Lipinski definition) is 3. The van der Waals surface area contributed by atoms with Crippen molar-refractivity contribution in [2.24, 2.45) is 0 Å². The van der Waals surface area contributed by atoms with E-state index in [1.54, 1.807) is 19.6 Å². The summed E-state index contributed by atoms with van der Waals surface area (Å²) < 4.78 is 5.50. The molecular weight excluding hydrogens is 226 g/mol. The summed E-state index contributed by atoms with van der Waals surface area (Å²) in [6, 6.07) is 12.1. The molecule has 0 bridgehead atoms. The maximum atomic E-state index is 5.50. The fraction of sp³-hybridized carbons (Fsp3) is 0.143. The predicted molar refractivity (Wildman–Crippen MR) is 69.2 cm³/mol. The van der Waals surface area contributed by atoms with Crippen molar-refractivity contribution in [1.82, 2.24) is 15.0 Å². The number of ether oxygens (including phenoxy) is 1. The maximum absolute atomic E-state index is 5.50. The van der Waals surface area contributed by atoms with E-state index < -0.39 is 0 Å². The van der Waals surface area contributed by atoms with Crippen molar-refractivity contribution in [2.45, 2.75) is 6.10 Å². The summed E-state index contributed by atoms with van der Waals surface area (Å²) in [5.41, 5.74) is 2.75. The zero-order valence-electron chi connectivity index (χ0n) is 10.00. The Hall–Kier alpha value is -2.20. The van der Waals surface area contributed by atoms with E-state index in [2.05, 4.69) is 21.0 Å². The quantitative estimate of drug-likeness (QED) is 0.764. The summed E-state index contributed by atoms with van der Waals surface area (Å²) in [6.07, 6.45) is 3.19. The Kier molecular flexibility index (Phi) is 2.78. The van der Waals surface area contributed by atoms with Crippen molar-refractivity contribution in [1.29, 1.82) is 0 Å². The molecular formula is C14H13N3O. The summed E-state index contributed by atoms with van der Waals surface area (Å²) in [7, 11) is 1.67. The number of benzene rings is 1. The summed E-state index contributed by atoms with van der Waals surface area (Å²) in [5, 5.41) is 1.13. The number of aromatic nitrogens is 3. The van der Waals surface area contributed by atoms with Crippen LogP contribution in [0.4, 0.5) is 0 Å². The van der Waals surface area contributed by atoms with Crippen molar-refractivity contribution in [3.05, 3.63) is 60.3 Å². The van der Waals surface area contributed by atoms with Gasteiger partial charge in [0.15, 0.2) is 0 Å². The largest absolute Gasteiger partial charge is 0.369 e.